The summed E-state index contributed by atoms with van der Waals surface area (Å²) < 4.78 is 18.4. The second kappa shape index (κ2) is 5.58. The Kier molecular flexibility index (Phi) is 4.08. The molecule has 4 nitrogen and oxygen atoms in total. The lowest BCUT2D eigenvalue weighted by molar-refractivity contribution is -0.144. The van der Waals surface area contributed by atoms with Crippen LogP contribution in [-0.4, -0.2) is 27.0 Å². The van der Waals surface area contributed by atoms with Gasteiger partial charge in [-0.25, -0.2) is 4.98 Å². The fourth-order valence-corrected chi connectivity index (χ4v) is 3.53. The minimum absolute atomic E-state index is 0.141. The van der Waals surface area contributed by atoms with Gasteiger partial charge in [-0.05, 0) is 26.0 Å². The molecule has 0 amide bonds. The predicted octanol–water partition coefficient (Wildman–Crippen LogP) is 2.36. The number of aromatic nitrogens is 1. The molecule has 1 unspecified atom stereocenters. The molecule has 0 aliphatic rings. The van der Waals surface area contributed by atoms with Crippen LogP contribution in [0.5, 0.6) is 0 Å². The summed E-state index contributed by atoms with van der Waals surface area (Å²) in [4.78, 5) is 15.7. The number of thiazole rings is 1. The summed E-state index contributed by atoms with van der Waals surface area (Å²) in [5.74, 6) is -0.597. The van der Waals surface area contributed by atoms with Gasteiger partial charge in [0.1, 0.15) is 5.75 Å². The largest absolute Gasteiger partial charge is 0.462 e. The number of fused-ring (bicyclic) bond motifs is 1. The third kappa shape index (κ3) is 3.14. The number of nitrogens with zero attached hydrogens (tertiary/aromatic N) is 1. The van der Waals surface area contributed by atoms with E-state index in [0.29, 0.717) is 4.34 Å². The van der Waals surface area contributed by atoms with Crippen molar-refractivity contribution in [2.75, 3.05) is 5.75 Å². The molecule has 0 radical (unpaired) electrons. The molecule has 1 aromatic carbocycles. The van der Waals surface area contributed by atoms with E-state index in [1.54, 1.807) is 13.8 Å². The van der Waals surface area contributed by atoms with Crippen LogP contribution in [0.15, 0.2) is 28.6 Å². The number of carbonyl (C=O) groups is 1. The van der Waals surface area contributed by atoms with Crippen LogP contribution in [0, 0.1) is 0 Å². The van der Waals surface area contributed by atoms with E-state index in [1.807, 2.05) is 24.3 Å². The van der Waals surface area contributed by atoms with E-state index in [1.165, 1.54) is 11.3 Å². The smallest absolute Gasteiger partial charge is 0.319 e. The van der Waals surface area contributed by atoms with E-state index in [2.05, 4.69) is 4.98 Å². The average Bonchev–Trinajstić information content (AvgIpc) is 2.71. The van der Waals surface area contributed by atoms with E-state index >= 15 is 0 Å². The van der Waals surface area contributed by atoms with Crippen LogP contribution in [0.1, 0.15) is 13.8 Å². The quantitative estimate of drug-likeness (QED) is 0.808. The van der Waals surface area contributed by atoms with Crippen molar-refractivity contribution >= 4 is 38.3 Å². The number of ether oxygens (including phenoxy) is 1. The second-order valence-corrected chi connectivity index (χ2v) is 6.63. The van der Waals surface area contributed by atoms with Crippen LogP contribution in [-0.2, 0) is 20.3 Å². The maximum atomic E-state index is 12.0. The molecule has 1 heterocycles. The van der Waals surface area contributed by atoms with Crippen molar-refractivity contribution in [3.05, 3.63) is 24.3 Å². The lowest BCUT2D eigenvalue weighted by Gasteiger charge is -2.06. The van der Waals surface area contributed by atoms with Gasteiger partial charge in [-0.3, -0.25) is 9.00 Å². The van der Waals surface area contributed by atoms with Crippen LogP contribution >= 0.6 is 11.3 Å². The van der Waals surface area contributed by atoms with Crippen LogP contribution in [0.4, 0.5) is 0 Å². The van der Waals surface area contributed by atoms with Crippen LogP contribution in [0.3, 0.4) is 0 Å². The molecule has 0 fully saturated rings. The van der Waals surface area contributed by atoms with Gasteiger partial charge >= 0.3 is 5.97 Å². The summed E-state index contributed by atoms with van der Waals surface area (Å²) >= 11 is 1.35. The molecule has 0 spiro atoms. The van der Waals surface area contributed by atoms with Gasteiger partial charge in [0.25, 0.3) is 0 Å². The fourth-order valence-electron chi connectivity index (χ4n) is 1.41. The Hall–Kier alpha value is -1.27. The van der Waals surface area contributed by atoms with Crippen LogP contribution < -0.4 is 0 Å². The van der Waals surface area contributed by atoms with Gasteiger partial charge in [0.15, 0.2) is 4.34 Å². The second-order valence-electron chi connectivity index (χ2n) is 3.98. The standard InChI is InChI=1S/C12H13NO3S2/c1-8(2)16-11(14)7-18(15)12-13-9-5-3-4-6-10(9)17-12/h3-6,8H,7H2,1-2H3. The topological polar surface area (TPSA) is 56.3 Å². The summed E-state index contributed by atoms with van der Waals surface area (Å²) in [5, 5.41) is 0. The van der Waals surface area contributed by atoms with E-state index < -0.39 is 16.8 Å². The molecule has 1 aromatic heterocycles. The maximum Gasteiger partial charge on any atom is 0.319 e. The molecular weight excluding hydrogens is 270 g/mol. The molecule has 0 aliphatic heterocycles. The van der Waals surface area contributed by atoms with Gasteiger partial charge < -0.3 is 4.74 Å². The fraction of sp³-hybridized carbons (Fsp3) is 0.333. The number of rotatable bonds is 4. The predicted molar refractivity (Wildman–Crippen MR) is 72.1 cm³/mol. The molecule has 0 N–H and O–H groups in total. The number of para-hydroxylation sites is 1. The third-order valence-electron chi connectivity index (χ3n) is 2.09. The first-order valence-corrected chi connectivity index (χ1v) is 7.63. The Morgan fingerprint density at radius 1 is 1.44 bits per heavy atom. The molecular formula is C12H13NO3S2. The highest BCUT2D eigenvalue weighted by Gasteiger charge is 2.16. The Morgan fingerprint density at radius 2 is 2.17 bits per heavy atom. The van der Waals surface area contributed by atoms with Gasteiger partial charge in [0.2, 0.25) is 0 Å². The summed E-state index contributed by atoms with van der Waals surface area (Å²) in [6.45, 7) is 3.52. The average molecular weight is 283 g/mol. The molecule has 6 heteroatoms. The first-order chi connectivity index (χ1) is 8.56. The number of benzene rings is 1. The zero-order chi connectivity index (χ0) is 13.1. The summed E-state index contributed by atoms with van der Waals surface area (Å²) in [5.41, 5.74) is 0.808. The summed E-state index contributed by atoms with van der Waals surface area (Å²) in [6, 6.07) is 7.56. The number of esters is 1. The van der Waals surface area contributed by atoms with Crippen molar-refractivity contribution < 1.29 is 13.7 Å². The lowest BCUT2D eigenvalue weighted by Crippen LogP contribution is -2.18. The van der Waals surface area contributed by atoms with E-state index in [0.717, 1.165) is 10.2 Å². The molecule has 0 saturated carbocycles. The molecule has 2 aromatic rings. The van der Waals surface area contributed by atoms with Gasteiger partial charge in [-0.1, -0.05) is 12.1 Å². The van der Waals surface area contributed by atoms with Crippen molar-refractivity contribution in [2.24, 2.45) is 0 Å². The number of hydrogen-bond donors (Lipinski definition) is 0. The molecule has 0 saturated heterocycles. The highest BCUT2D eigenvalue weighted by atomic mass is 32.2. The first-order valence-electron chi connectivity index (χ1n) is 5.49. The monoisotopic (exact) mass is 283 g/mol. The van der Waals surface area contributed by atoms with E-state index in [4.69, 9.17) is 4.74 Å². The highest BCUT2D eigenvalue weighted by molar-refractivity contribution is 7.88. The van der Waals surface area contributed by atoms with Crippen molar-refractivity contribution in [1.82, 2.24) is 4.98 Å². The van der Waals surface area contributed by atoms with Gasteiger partial charge in [-0.2, -0.15) is 0 Å². The Labute approximate surface area is 111 Å². The van der Waals surface area contributed by atoms with Crippen molar-refractivity contribution in [3.63, 3.8) is 0 Å². The van der Waals surface area contributed by atoms with E-state index in [-0.39, 0.29) is 11.9 Å². The van der Waals surface area contributed by atoms with Gasteiger partial charge in [-0.15, -0.1) is 11.3 Å². The molecule has 0 aliphatic carbocycles. The van der Waals surface area contributed by atoms with Gasteiger partial charge in [0, 0.05) is 0 Å². The Bertz CT molecular complexity index is 559. The Balaban J connectivity index is 2.11. The van der Waals surface area contributed by atoms with Crippen LogP contribution in [0.25, 0.3) is 10.2 Å². The molecule has 2 rings (SSSR count). The van der Waals surface area contributed by atoms with Crippen molar-refractivity contribution in [3.8, 4) is 0 Å². The third-order valence-corrected chi connectivity index (χ3v) is 4.70. The van der Waals surface area contributed by atoms with Crippen LogP contribution in [0.2, 0.25) is 0 Å². The summed E-state index contributed by atoms with van der Waals surface area (Å²) in [6.07, 6.45) is -0.190. The molecule has 0 bridgehead atoms. The summed E-state index contributed by atoms with van der Waals surface area (Å²) in [7, 11) is -1.43. The number of carbonyl (C=O) groups excluding carboxylic acids is 1. The first kappa shape index (κ1) is 13.2. The normalized spacial score (nSPS) is 12.8. The van der Waals surface area contributed by atoms with Crippen molar-refractivity contribution in [2.45, 2.75) is 24.3 Å². The van der Waals surface area contributed by atoms with Gasteiger partial charge in [0.05, 0.1) is 27.1 Å². The highest BCUT2D eigenvalue weighted by Crippen LogP contribution is 2.24. The number of hydrogen-bond acceptors (Lipinski definition) is 5. The Morgan fingerprint density at radius 3 is 2.83 bits per heavy atom. The zero-order valence-corrected chi connectivity index (χ0v) is 11.7. The van der Waals surface area contributed by atoms with Crippen molar-refractivity contribution in [1.29, 1.82) is 0 Å². The molecule has 1 atom stereocenters. The zero-order valence-electron chi connectivity index (χ0n) is 10.1. The minimum Gasteiger partial charge on any atom is -0.462 e. The lowest BCUT2D eigenvalue weighted by atomic mass is 10.3. The van der Waals surface area contributed by atoms with E-state index in [9.17, 15) is 9.00 Å². The molecule has 18 heavy (non-hydrogen) atoms. The SMILES string of the molecule is CC(C)OC(=O)CS(=O)c1nc2ccccc2s1. The maximum absolute atomic E-state index is 12.0. The molecule has 96 valence electrons. The minimum atomic E-state index is -1.43.